The zero-order valence-electron chi connectivity index (χ0n) is 14.3. The summed E-state index contributed by atoms with van der Waals surface area (Å²) in [5, 5.41) is 1.46. The van der Waals surface area contributed by atoms with Crippen molar-refractivity contribution in [3.63, 3.8) is 0 Å². The van der Waals surface area contributed by atoms with Gasteiger partial charge in [0.1, 0.15) is 5.75 Å². The molecular formula is C22H19NO2. The minimum absolute atomic E-state index is 0.0633. The molecule has 0 aliphatic rings. The van der Waals surface area contributed by atoms with Crippen molar-refractivity contribution in [2.45, 2.75) is 13.5 Å². The lowest BCUT2D eigenvalue weighted by molar-refractivity contribution is 0.415. The number of benzene rings is 3. The van der Waals surface area contributed by atoms with E-state index in [4.69, 9.17) is 4.74 Å². The molecular weight excluding hydrogens is 310 g/mol. The quantitative estimate of drug-likeness (QED) is 0.518. The Bertz CT molecular complexity index is 1120. The van der Waals surface area contributed by atoms with Gasteiger partial charge in [-0.3, -0.25) is 4.79 Å². The largest absolute Gasteiger partial charge is 0.497 e. The topological polar surface area (TPSA) is 31.2 Å². The van der Waals surface area contributed by atoms with E-state index in [1.54, 1.807) is 7.11 Å². The number of hydrogen-bond donors (Lipinski definition) is 0. The Balaban J connectivity index is 2.05. The second-order valence-electron chi connectivity index (χ2n) is 6.30. The Morgan fingerprint density at radius 2 is 1.60 bits per heavy atom. The van der Waals surface area contributed by atoms with Crippen molar-refractivity contribution in [1.82, 2.24) is 4.57 Å². The fourth-order valence-corrected chi connectivity index (χ4v) is 3.28. The number of methoxy groups -OCH3 is 1. The van der Waals surface area contributed by atoms with Crippen molar-refractivity contribution in [1.29, 1.82) is 0 Å². The highest BCUT2D eigenvalue weighted by Gasteiger charge is 2.11. The van der Waals surface area contributed by atoms with Crippen LogP contribution >= 0.6 is 0 Å². The number of pyridine rings is 1. The molecule has 0 N–H and O–H groups in total. The molecule has 0 saturated carbocycles. The first kappa shape index (κ1) is 15.5. The zero-order valence-corrected chi connectivity index (χ0v) is 14.3. The maximum atomic E-state index is 12.9. The second-order valence-corrected chi connectivity index (χ2v) is 6.30. The molecule has 25 heavy (non-hydrogen) atoms. The van der Waals surface area contributed by atoms with Gasteiger partial charge in [-0.25, -0.2) is 0 Å². The maximum absolute atomic E-state index is 12.9. The van der Waals surface area contributed by atoms with Crippen LogP contribution in [0.4, 0.5) is 0 Å². The first-order valence-electron chi connectivity index (χ1n) is 8.32. The SMILES string of the molecule is COc1ccc2c(=O)c3ccccc3n(Cc3ccc(C)cc3)c2c1. The van der Waals surface area contributed by atoms with Crippen LogP contribution < -0.4 is 10.2 Å². The number of nitrogens with zero attached hydrogens (tertiary/aromatic N) is 1. The predicted molar refractivity (Wildman–Crippen MR) is 103 cm³/mol. The van der Waals surface area contributed by atoms with Crippen LogP contribution in [0.5, 0.6) is 5.75 Å². The van der Waals surface area contributed by atoms with Gasteiger partial charge in [0.05, 0.1) is 18.1 Å². The van der Waals surface area contributed by atoms with Crippen LogP contribution in [0.25, 0.3) is 21.8 Å². The Labute approximate surface area is 146 Å². The van der Waals surface area contributed by atoms with Gasteiger partial charge < -0.3 is 9.30 Å². The third-order valence-electron chi connectivity index (χ3n) is 4.64. The predicted octanol–water partition coefficient (Wildman–Crippen LogP) is 4.52. The van der Waals surface area contributed by atoms with E-state index in [9.17, 15) is 4.79 Å². The average molecular weight is 329 g/mol. The van der Waals surface area contributed by atoms with Crippen molar-refractivity contribution in [2.24, 2.45) is 0 Å². The molecule has 3 nitrogen and oxygen atoms in total. The molecule has 4 rings (SSSR count). The average Bonchev–Trinajstić information content (AvgIpc) is 2.66. The number of rotatable bonds is 3. The standard InChI is InChI=1S/C22H19NO2/c1-15-7-9-16(10-8-15)14-23-20-6-4-3-5-18(20)22(24)19-12-11-17(25-2)13-21(19)23/h3-13H,14H2,1-2H3. The normalized spacial score (nSPS) is 11.1. The molecule has 0 unspecified atom stereocenters. The number of aryl methyl sites for hydroxylation is 1. The molecule has 3 aromatic carbocycles. The number of aromatic nitrogens is 1. The number of hydrogen-bond acceptors (Lipinski definition) is 2. The highest BCUT2D eigenvalue weighted by molar-refractivity contribution is 5.94. The third kappa shape index (κ3) is 2.68. The first-order chi connectivity index (χ1) is 12.2. The van der Waals surface area contributed by atoms with E-state index in [0.717, 1.165) is 22.2 Å². The van der Waals surface area contributed by atoms with E-state index in [1.165, 1.54) is 11.1 Å². The van der Waals surface area contributed by atoms with E-state index >= 15 is 0 Å². The highest BCUT2D eigenvalue weighted by atomic mass is 16.5. The smallest absolute Gasteiger partial charge is 0.197 e. The van der Waals surface area contributed by atoms with Gasteiger partial charge in [0.15, 0.2) is 5.43 Å². The van der Waals surface area contributed by atoms with Crippen LogP contribution in [-0.4, -0.2) is 11.7 Å². The van der Waals surface area contributed by atoms with E-state index in [0.29, 0.717) is 11.9 Å². The number of para-hydroxylation sites is 1. The third-order valence-corrected chi connectivity index (χ3v) is 4.64. The van der Waals surface area contributed by atoms with Crippen LogP contribution in [0.15, 0.2) is 71.5 Å². The highest BCUT2D eigenvalue weighted by Crippen LogP contribution is 2.24. The first-order valence-corrected chi connectivity index (χ1v) is 8.32. The molecule has 0 aliphatic carbocycles. The van der Waals surface area contributed by atoms with E-state index in [2.05, 4.69) is 35.8 Å². The lowest BCUT2D eigenvalue weighted by Crippen LogP contribution is -2.12. The van der Waals surface area contributed by atoms with Crippen molar-refractivity contribution < 1.29 is 4.74 Å². The molecule has 0 radical (unpaired) electrons. The van der Waals surface area contributed by atoms with Crippen LogP contribution in [-0.2, 0) is 6.54 Å². The van der Waals surface area contributed by atoms with Crippen LogP contribution in [0.2, 0.25) is 0 Å². The Kier molecular flexibility index (Phi) is 3.77. The molecule has 0 atom stereocenters. The summed E-state index contributed by atoms with van der Waals surface area (Å²) in [4.78, 5) is 12.9. The van der Waals surface area contributed by atoms with Crippen LogP contribution in [0.1, 0.15) is 11.1 Å². The maximum Gasteiger partial charge on any atom is 0.197 e. The molecule has 0 aliphatic heterocycles. The molecule has 0 amide bonds. The zero-order chi connectivity index (χ0) is 17.4. The summed E-state index contributed by atoms with van der Waals surface area (Å²) in [5.41, 5.74) is 4.33. The summed E-state index contributed by atoms with van der Waals surface area (Å²) < 4.78 is 7.57. The van der Waals surface area contributed by atoms with Crippen molar-refractivity contribution in [2.75, 3.05) is 7.11 Å². The number of fused-ring (bicyclic) bond motifs is 2. The molecule has 4 aromatic rings. The van der Waals surface area contributed by atoms with E-state index in [1.807, 2.05) is 42.5 Å². The van der Waals surface area contributed by atoms with Gasteiger partial charge in [0.2, 0.25) is 0 Å². The molecule has 0 spiro atoms. The fraction of sp³-hybridized carbons (Fsp3) is 0.136. The Morgan fingerprint density at radius 1 is 0.880 bits per heavy atom. The van der Waals surface area contributed by atoms with Crippen LogP contribution in [0.3, 0.4) is 0 Å². The van der Waals surface area contributed by atoms with E-state index in [-0.39, 0.29) is 5.43 Å². The summed E-state index contributed by atoms with van der Waals surface area (Å²) in [7, 11) is 1.64. The van der Waals surface area contributed by atoms with Gasteiger partial charge in [0, 0.05) is 23.4 Å². The molecule has 1 aromatic heterocycles. The second kappa shape index (κ2) is 6.10. The van der Waals surface area contributed by atoms with Gasteiger partial charge in [-0.2, -0.15) is 0 Å². The molecule has 0 saturated heterocycles. The Morgan fingerprint density at radius 3 is 2.36 bits per heavy atom. The minimum atomic E-state index is 0.0633. The summed E-state index contributed by atoms with van der Waals surface area (Å²) in [5.74, 6) is 0.750. The minimum Gasteiger partial charge on any atom is -0.497 e. The molecule has 1 heterocycles. The van der Waals surface area contributed by atoms with Crippen LogP contribution in [0, 0.1) is 6.92 Å². The molecule has 0 fully saturated rings. The van der Waals surface area contributed by atoms with Crippen molar-refractivity contribution >= 4 is 21.8 Å². The van der Waals surface area contributed by atoms with Gasteiger partial charge in [0.25, 0.3) is 0 Å². The summed E-state index contributed by atoms with van der Waals surface area (Å²) in [6.45, 7) is 2.78. The molecule has 3 heteroatoms. The molecule has 0 bridgehead atoms. The lowest BCUT2D eigenvalue weighted by Gasteiger charge is -2.16. The summed E-state index contributed by atoms with van der Waals surface area (Å²) in [6, 6.07) is 21.9. The summed E-state index contributed by atoms with van der Waals surface area (Å²) in [6.07, 6.45) is 0. The van der Waals surface area contributed by atoms with Crippen molar-refractivity contribution in [3.8, 4) is 5.75 Å². The van der Waals surface area contributed by atoms with Gasteiger partial charge in [-0.05, 0) is 36.8 Å². The van der Waals surface area contributed by atoms with Gasteiger partial charge in [-0.15, -0.1) is 0 Å². The Hall–Kier alpha value is -3.07. The number of ether oxygens (including phenoxy) is 1. The fourth-order valence-electron chi connectivity index (χ4n) is 3.28. The van der Waals surface area contributed by atoms with E-state index < -0.39 is 0 Å². The van der Waals surface area contributed by atoms with Gasteiger partial charge in [-0.1, -0.05) is 42.0 Å². The molecule has 124 valence electrons. The van der Waals surface area contributed by atoms with Gasteiger partial charge >= 0.3 is 0 Å². The summed E-state index contributed by atoms with van der Waals surface area (Å²) >= 11 is 0. The van der Waals surface area contributed by atoms with Crippen molar-refractivity contribution in [3.05, 3.63) is 88.1 Å². The monoisotopic (exact) mass is 329 g/mol. The lowest BCUT2D eigenvalue weighted by atomic mass is 10.1.